The molecule has 3 rings (SSSR count). The monoisotopic (exact) mass is 303 g/mol. The van der Waals surface area contributed by atoms with Crippen LogP contribution in [0.2, 0.25) is 0 Å². The first kappa shape index (κ1) is 16.7. The minimum absolute atomic E-state index is 0. The first-order chi connectivity index (χ1) is 8.38. The van der Waals surface area contributed by atoms with E-state index in [0.717, 1.165) is 12.0 Å². The maximum absolute atomic E-state index is 4.45. The van der Waals surface area contributed by atoms with Gasteiger partial charge in [0.25, 0.3) is 0 Å². The molecule has 2 aliphatic rings. The molecule has 1 saturated heterocycles. The summed E-state index contributed by atoms with van der Waals surface area (Å²) in [4.78, 5) is 11.3. The van der Waals surface area contributed by atoms with E-state index >= 15 is 0 Å². The maximum atomic E-state index is 4.45. The SMILES string of the molecule is CCCN1CCC[C@H]2Cc3ncncc3C[C@@H]21.Cl.Cl. The van der Waals surface area contributed by atoms with Crippen LogP contribution in [-0.4, -0.2) is 34.0 Å². The fraction of sp³-hybridized carbons (Fsp3) is 0.714. The van der Waals surface area contributed by atoms with Gasteiger partial charge in [0.05, 0.1) is 0 Å². The molecule has 0 bridgehead atoms. The van der Waals surface area contributed by atoms with E-state index < -0.39 is 0 Å². The molecule has 0 saturated carbocycles. The van der Waals surface area contributed by atoms with Crippen molar-refractivity contribution in [3.8, 4) is 0 Å². The van der Waals surface area contributed by atoms with Crippen LogP contribution in [0, 0.1) is 5.92 Å². The van der Waals surface area contributed by atoms with Crippen LogP contribution in [0.15, 0.2) is 12.5 Å². The molecule has 2 heterocycles. The molecule has 0 unspecified atom stereocenters. The van der Waals surface area contributed by atoms with Crippen molar-refractivity contribution in [3.63, 3.8) is 0 Å². The largest absolute Gasteiger partial charge is 0.300 e. The van der Waals surface area contributed by atoms with Gasteiger partial charge in [-0.3, -0.25) is 4.90 Å². The molecule has 0 radical (unpaired) electrons. The summed E-state index contributed by atoms with van der Waals surface area (Å²) >= 11 is 0. The molecular weight excluding hydrogens is 281 g/mol. The summed E-state index contributed by atoms with van der Waals surface area (Å²) in [5, 5.41) is 0. The van der Waals surface area contributed by atoms with E-state index in [9.17, 15) is 0 Å². The zero-order chi connectivity index (χ0) is 11.7. The average Bonchev–Trinajstić information content (AvgIpc) is 2.37. The molecule has 1 aromatic heterocycles. The fourth-order valence-electron chi connectivity index (χ4n) is 3.52. The van der Waals surface area contributed by atoms with E-state index in [4.69, 9.17) is 0 Å². The van der Waals surface area contributed by atoms with Gasteiger partial charge in [-0.05, 0) is 56.7 Å². The van der Waals surface area contributed by atoms with Crippen LogP contribution in [0.25, 0.3) is 0 Å². The highest BCUT2D eigenvalue weighted by molar-refractivity contribution is 5.85. The Labute approximate surface area is 128 Å². The third-order valence-electron chi connectivity index (χ3n) is 4.31. The summed E-state index contributed by atoms with van der Waals surface area (Å²) in [5.74, 6) is 0.831. The van der Waals surface area contributed by atoms with Crippen LogP contribution in [-0.2, 0) is 12.8 Å². The van der Waals surface area contributed by atoms with Gasteiger partial charge in [0.1, 0.15) is 6.33 Å². The number of rotatable bonds is 2. The van der Waals surface area contributed by atoms with E-state index in [1.54, 1.807) is 6.33 Å². The smallest absolute Gasteiger partial charge is 0.115 e. The molecule has 1 aliphatic heterocycles. The highest BCUT2D eigenvalue weighted by Crippen LogP contribution is 2.33. The van der Waals surface area contributed by atoms with Crippen molar-refractivity contribution < 1.29 is 0 Å². The van der Waals surface area contributed by atoms with Crippen LogP contribution in [0.1, 0.15) is 37.4 Å². The Bertz CT molecular complexity index is 398. The van der Waals surface area contributed by atoms with Gasteiger partial charge in [-0.2, -0.15) is 0 Å². The molecule has 2 atom stereocenters. The standard InChI is InChI=1S/C14H21N3.2ClH/c1-2-5-17-6-3-4-11-7-13-12(8-14(11)17)9-15-10-16-13;;/h9-11,14H,2-8H2,1H3;2*1H/t11-,14-;;/m0../s1. The summed E-state index contributed by atoms with van der Waals surface area (Å²) in [7, 11) is 0. The van der Waals surface area contributed by atoms with Crippen LogP contribution in [0.4, 0.5) is 0 Å². The number of hydrogen-bond donors (Lipinski definition) is 0. The predicted octanol–water partition coefficient (Wildman–Crippen LogP) is 2.91. The van der Waals surface area contributed by atoms with Crippen molar-refractivity contribution in [2.45, 2.75) is 45.1 Å². The van der Waals surface area contributed by atoms with Gasteiger partial charge in [-0.1, -0.05) is 6.92 Å². The van der Waals surface area contributed by atoms with Gasteiger partial charge in [-0.25, -0.2) is 9.97 Å². The average molecular weight is 304 g/mol. The Morgan fingerprint density at radius 3 is 2.95 bits per heavy atom. The zero-order valence-electron chi connectivity index (χ0n) is 11.4. The number of likely N-dealkylation sites (tertiary alicyclic amines) is 1. The summed E-state index contributed by atoms with van der Waals surface area (Å²) in [6.07, 6.45) is 10.1. The highest BCUT2D eigenvalue weighted by Gasteiger charge is 2.35. The molecule has 0 spiro atoms. The quantitative estimate of drug-likeness (QED) is 0.841. The molecule has 0 N–H and O–H groups in total. The van der Waals surface area contributed by atoms with Crippen molar-refractivity contribution in [1.29, 1.82) is 0 Å². The summed E-state index contributed by atoms with van der Waals surface area (Å²) in [6.45, 7) is 4.83. The van der Waals surface area contributed by atoms with E-state index in [-0.39, 0.29) is 24.8 Å². The minimum atomic E-state index is 0. The summed E-state index contributed by atoms with van der Waals surface area (Å²) < 4.78 is 0. The van der Waals surface area contributed by atoms with Gasteiger partial charge in [0.15, 0.2) is 0 Å². The lowest BCUT2D eigenvalue weighted by Crippen LogP contribution is -2.49. The van der Waals surface area contributed by atoms with Crippen molar-refractivity contribution in [1.82, 2.24) is 14.9 Å². The molecule has 3 nitrogen and oxygen atoms in total. The van der Waals surface area contributed by atoms with Crippen LogP contribution < -0.4 is 0 Å². The van der Waals surface area contributed by atoms with Crippen molar-refractivity contribution in [3.05, 3.63) is 23.8 Å². The molecule has 108 valence electrons. The molecular formula is C14H23Cl2N3. The Kier molecular flexibility index (Phi) is 6.51. The molecule has 1 fully saturated rings. The topological polar surface area (TPSA) is 29.0 Å². The summed E-state index contributed by atoms with van der Waals surface area (Å²) in [6, 6.07) is 0.752. The molecule has 5 heteroatoms. The van der Waals surface area contributed by atoms with Crippen LogP contribution in [0.5, 0.6) is 0 Å². The van der Waals surface area contributed by atoms with Gasteiger partial charge in [-0.15, -0.1) is 24.8 Å². The molecule has 0 amide bonds. The number of nitrogens with zero attached hydrogens (tertiary/aromatic N) is 3. The predicted molar refractivity (Wildman–Crippen MR) is 82.3 cm³/mol. The second kappa shape index (κ2) is 7.41. The number of halogens is 2. The highest BCUT2D eigenvalue weighted by atomic mass is 35.5. The Morgan fingerprint density at radius 1 is 1.32 bits per heavy atom. The first-order valence-corrected chi connectivity index (χ1v) is 6.90. The number of piperidine rings is 1. The van der Waals surface area contributed by atoms with E-state index in [2.05, 4.69) is 21.8 Å². The fourth-order valence-corrected chi connectivity index (χ4v) is 3.52. The molecule has 0 aromatic carbocycles. The van der Waals surface area contributed by atoms with E-state index in [1.165, 1.54) is 56.5 Å². The van der Waals surface area contributed by atoms with Crippen LogP contribution in [0.3, 0.4) is 0 Å². The normalized spacial score (nSPS) is 25.5. The van der Waals surface area contributed by atoms with Gasteiger partial charge in [0, 0.05) is 17.9 Å². The van der Waals surface area contributed by atoms with Gasteiger partial charge < -0.3 is 0 Å². The van der Waals surface area contributed by atoms with Crippen molar-refractivity contribution in [2.75, 3.05) is 13.1 Å². The zero-order valence-corrected chi connectivity index (χ0v) is 13.1. The second-order valence-corrected chi connectivity index (χ2v) is 5.41. The lowest BCUT2D eigenvalue weighted by atomic mass is 9.77. The number of hydrogen-bond acceptors (Lipinski definition) is 3. The second-order valence-electron chi connectivity index (χ2n) is 5.41. The molecule has 19 heavy (non-hydrogen) atoms. The van der Waals surface area contributed by atoms with Crippen molar-refractivity contribution >= 4 is 24.8 Å². The number of fused-ring (bicyclic) bond motifs is 2. The Balaban J connectivity index is 0.000000902. The third kappa shape index (κ3) is 3.39. The first-order valence-electron chi connectivity index (χ1n) is 6.90. The molecule has 1 aliphatic carbocycles. The van der Waals surface area contributed by atoms with Crippen molar-refractivity contribution in [2.24, 2.45) is 5.92 Å². The Morgan fingerprint density at radius 2 is 2.16 bits per heavy atom. The van der Waals surface area contributed by atoms with Gasteiger partial charge >= 0.3 is 0 Å². The summed E-state index contributed by atoms with van der Waals surface area (Å²) in [5.41, 5.74) is 2.69. The third-order valence-corrected chi connectivity index (χ3v) is 4.31. The Hall–Kier alpha value is -0.380. The van der Waals surface area contributed by atoms with Gasteiger partial charge in [0.2, 0.25) is 0 Å². The van der Waals surface area contributed by atoms with E-state index in [1.807, 2.05) is 6.20 Å². The lowest BCUT2D eigenvalue weighted by Gasteiger charge is -2.44. The molecule has 1 aromatic rings. The maximum Gasteiger partial charge on any atom is 0.115 e. The number of aromatic nitrogens is 2. The lowest BCUT2D eigenvalue weighted by molar-refractivity contribution is 0.0844. The van der Waals surface area contributed by atoms with E-state index in [0.29, 0.717) is 0 Å². The minimum Gasteiger partial charge on any atom is -0.300 e. The van der Waals surface area contributed by atoms with Crippen LogP contribution >= 0.6 is 24.8 Å².